The lowest BCUT2D eigenvalue weighted by Crippen LogP contribution is -2.32. The number of ether oxygens (including phenoxy) is 1. The van der Waals surface area contributed by atoms with E-state index in [1.807, 2.05) is 0 Å². The number of anilines is 1. The van der Waals surface area contributed by atoms with Gasteiger partial charge in [0.2, 0.25) is 11.8 Å². The number of rotatable bonds is 7. The topological polar surface area (TPSA) is 122 Å². The predicted molar refractivity (Wildman–Crippen MR) is 65.2 cm³/mol. The summed E-state index contributed by atoms with van der Waals surface area (Å²) in [6.45, 7) is 3.95. The number of nitrogens with one attached hydrogen (secondary N) is 1. The molecule has 0 fully saturated rings. The van der Waals surface area contributed by atoms with Gasteiger partial charge in [-0.2, -0.15) is 4.98 Å². The molecule has 1 aromatic rings. The fraction of sp³-hybridized carbons (Fsp3) is 0.455. The molecule has 0 bridgehead atoms. The van der Waals surface area contributed by atoms with E-state index in [4.69, 9.17) is 14.9 Å². The average Bonchev–Trinajstić information content (AvgIpc) is 2.32. The van der Waals surface area contributed by atoms with Gasteiger partial charge in [0, 0.05) is 11.8 Å². The van der Waals surface area contributed by atoms with Crippen LogP contribution in [0.3, 0.4) is 0 Å². The Morgan fingerprint density at radius 2 is 2.16 bits per heavy atom. The van der Waals surface area contributed by atoms with Crippen LogP contribution in [-0.4, -0.2) is 44.8 Å². The first-order chi connectivity index (χ1) is 8.93. The number of hydrogen-bond donors (Lipinski definition) is 3. The number of nitrogens with zero attached hydrogens (tertiary/aromatic N) is 2. The van der Waals surface area contributed by atoms with E-state index < -0.39 is 24.4 Å². The van der Waals surface area contributed by atoms with E-state index in [2.05, 4.69) is 15.3 Å². The molecule has 8 heteroatoms. The standard InChI is InChI=1S/C11H15N3O5/c1-3-19-9-6(2)5-12-11(14-9)13-7(10(17)18)4-8(15)16/h5,7H,3-4H2,1-2H3,(H,15,16)(H,17,18)(H,12,13,14)/t7-/m1/s1. The summed E-state index contributed by atoms with van der Waals surface area (Å²) in [6.07, 6.45) is 0.899. The van der Waals surface area contributed by atoms with E-state index in [9.17, 15) is 9.59 Å². The highest BCUT2D eigenvalue weighted by molar-refractivity contribution is 5.82. The van der Waals surface area contributed by atoms with Gasteiger partial charge in [0.05, 0.1) is 13.0 Å². The maximum absolute atomic E-state index is 10.9. The molecular formula is C11H15N3O5. The molecule has 0 aliphatic rings. The summed E-state index contributed by atoms with van der Waals surface area (Å²) in [5.74, 6) is -2.16. The third-order valence-electron chi connectivity index (χ3n) is 2.19. The molecule has 1 rings (SSSR count). The Morgan fingerprint density at radius 3 is 2.68 bits per heavy atom. The average molecular weight is 269 g/mol. The molecule has 0 unspecified atom stereocenters. The fourth-order valence-corrected chi connectivity index (χ4v) is 1.31. The van der Waals surface area contributed by atoms with Crippen LogP contribution in [0.25, 0.3) is 0 Å². The molecule has 0 saturated carbocycles. The van der Waals surface area contributed by atoms with Gasteiger partial charge in [-0.15, -0.1) is 0 Å². The lowest BCUT2D eigenvalue weighted by molar-refractivity contribution is -0.144. The van der Waals surface area contributed by atoms with Gasteiger partial charge in [0.1, 0.15) is 6.04 Å². The maximum Gasteiger partial charge on any atom is 0.326 e. The molecule has 0 aliphatic carbocycles. The first-order valence-corrected chi connectivity index (χ1v) is 5.61. The van der Waals surface area contributed by atoms with Crippen LogP contribution in [0.15, 0.2) is 6.20 Å². The Kier molecular flexibility index (Phi) is 5.04. The Labute approximate surface area is 109 Å². The SMILES string of the molecule is CCOc1nc(N[C@H](CC(=O)O)C(=O)O)ncc1C. The lowest BCUT2D eigenvalue weighted by atomic mass is 10.2. The van der Waals surface area contributed by atoms with Crippen LogP contribution in [-0.2, 0) is 9.59 Å². The lowest BCUT2D eigenvalue weighted by Gasteiger charge is -2.13. The van der Waals surface area contributed by atoms with Gasteiger partial charge in [0.15, 0.2) is 0 Å². The number of carboxylic acids is 2. The van der Waals surface area contributed by atoms with Crippen LogP contribution >= 0.6 is 0 Å². The second kappa shape index (κ2) is 6.53. The molecule has 1 atom stereocenters. The molecule has 1 aromatic heterocycles. The number of carbonyl (C=O) groups is 2. The first kappa shape index (κ1) is 14.7. The molecule has 0 aromatic carbocycles. The highest BCUT2D eigenvalue weighted by atomic mass is 16.5. The van der Waals surface area contributed by atoms with Crippen LogP contribution in [0.4, 0.5) is 5.95 Å². The molecule has 104 valence electrons. The number of aromatic nitrogens is 2. The van der Waals surface area contributed by atoms with Crippen molar-refractivity contribution in [2.45, 2.75) is 26.3 Å². The monoisotopic (exact) mass is 269 g/mol. The van der Waals surface area contributed by atoms with Crippen molar-refractivity contribution in [2.24, 2.45) is 0 Å². The van der Waals surface area contributed by atoms with Crippen molar-refractivity contribution in [2.75, 3.05) is 11.9 Å². The van der Waals surface area contributed by atoms with Gasteiger partial charge in [0.25, 0.3) is 0 Å². The first-order valence-electron chi connectivity index (χ1n) is 5.61. The molecule has 0 amide bonds. The minimum Gasteiger partial charge on any atom is -0.481 e. The number of hydrogen-bond acceptors (Lipinski definition) is 6. The van der Waals surface area contributed by atoms with E-state index in [1.54, 1.807) is 13.8 Å². The molecule has 0 aliphatic heterocycles. The minimum absolute atomic E-state index is 0.0164. The van der Waals surface area contributed by atoms with Gasteiger partial charge in [-0.1, -0.05) is 0 Å². The summed E-state index contributed by atoms with van der Waals surface area (Å²) in [7, 11) is 0. The van der Waals surface area contributed by atoms with Crippen molar-refractivity contribution in [1.29, 1.82) is 0 Å². The van der Waals surface area contributed by atoms with Crippen LogP contribution in [0.1, 0.15) is 18.9 Å². The third-order valence-corrected chi connectivity index (χ3v) is 2.19. The molecule has 19 heavy (non-hydrogen) atoms. The van der Waals surface area contributed by atoms with E-state index in [0.29, 0.717) is 18.1 Å². The number of aliphatic carboxylic acids is 2. The Hall–Kier alpha value is -2.38. The smallest absolute Gasteiger partial charge is 0.326 e. The summed E-state index contributed by atoms with van der Waals surface area (Å²) in [4.78, 5) is 29.3. The molecular weight excluding hydrogens is 254 g/mol. The minimum atomic E-state index is -1.30. The maximum atomic E-state index is 10.9. The van der Waals surface area contributed by atoms with Gasteiger partial charge >= 0.3 is 11.9 Å². The van der Waals surface area contributed by atoms with E-state index in [0.717, 1.165) is 0 Å². The fourth-order valence-electron chi connectivity index (χ4n) is 1.31. The van der Waals surface area contributed by atoms with E-state index in [1.165, 1.54) is 6.20 Å². The molecule has 0 radical (unpaired) electrons. The van der Waals surface area contributed by atoms with E-state index >= 15 is 0 Å². The normalized spacial score (nSPS) is 11.7. The Morgan fingerprint density at radius 1 is 1.47 bits per heavy atom. The Bertz CT molecular complexity index is 477. The molecule has 8 nitrogen and oxygen atoms in total. The van der Waals surface area contributed by atoms with Crippen molar-refractivity contribution in [3.05, 3.63) is 11.8 Å². The third kappa shape index (κ3) is 4.41. The summed E-state index contributed by atoms with van der Waals surface area (Å²) >= 11 is 0. The summed E-state index contributed by atoms with van der Waals surface area (Å²) in [6, 6.07) is -1.30. The van der Waals surface area contributed by atoms with Gasteiger partial charge in [-0.25, -0.2) is 9.78 Å². The zero-order chi connectivity index (χ0) is 14.4. The van der Waals surface area contributed by atoms with Crippen LogP contribution < -0.4 is 10.1 Å². The zero-order valence-corrected chi connectivity index (χ0v) is 10.6. The Balaban J connectivity index is 2.87. The van der Waals surface area contributed by atoms with Crippen molar-refractivity contribution in [3.8, 4) is 5.88 Å². The second-order valence-electron chi connectivity index (χ2n) is 3.75. The number of aryl methyl sites for hydroxylation is 1. The van der Waals surface area contributed by atoms with E-state index in [-0.39, 0.29) is 5.95 Å². The molecule has 1 heterocycles. The summed E-state index contributed by atoms with van der Waals surface area (Å²) < 4.78 is 5.25. The molecule has 0 saturated heterocycles. The molecule has 3 N–H and O–H groups in total. The largest absolute Gasteiger partial charge is 0.481 e. The second-order valence-corrected chi connectivity index (χ2v) is 3.75. The summed E-state index contributed by atoms with van der Waals surface area (Å²) in [5, 5.41) is 20.0. The van der Waals surface area contributed by atoms with Crippen molar-refractivity contribution < 1.29 is 24.5 Å². The van der Waals surface area contributed by atoms with Crippen molar-refractivity contribution in [3.63, 3.8) is 0 Å². The van der Waals surface area contributed by atoms with Gasteiger partial charge in [-0.05, 0) is 13.8 Å². The van der Waals surface area contributed by atoms with Gasteiger partial charge in [-0.3, -0.25) is 4.79 Å². The number of carboxylic acid groups (broad SMARTS) is 2. The highest BCUT2D eigenvalue weighted by Crippen LogP contribution is 2.16. The van der Waals surface area contributed by atoms with Crippen LogP contribution in [0.2, 0.25) is 0 Å². The highest BCUT2D eigenvalue weighted by Gasteiger charge is 2.22. The predicted octanol–water partition coefficient (Wildman–Crippen LogP) is 0.524. The zero-order valence-electron chi connectivity index (χ0n) is 10.6. The van der Waals surface area contributed by atoms with Crippen molar-refractivity contribution >= 4 is 17.9 Å². The van der Waals surface area contributed by atoms with Crippen LogP contribution in [0, 0.1) is 6.92 Å². The quantitative estimate of drug-likeness (QED) is 0.655. The summed E-state index contributed by atoms with van der Waals surface area (Å²) in [5.41, 5.74) is 0.706. The van der Waals surface area contributed by atoms with Gasteiger partial charge < -0.3 is 20.3 Å². The van der Waals surface area contributed by atoms with Crippen LogP contribution in [0.5, 0.6) is 5.88 Å². The molecule has 0 spiro atoms. The van der Waals surface area contributed by atoms with Crippen molar-refractivity contribution in [1.82, 2.24) is 9.97 Å².